The predicted molar refractivity (Wildman–Crippen MR) is 69.4 cm³/mol. The van der Waals surface area contributed by atoms with Gasteiger partial charge in [-0.15, -0.1) is 0 Å². The van der Waals surface area contributed by atoms with Gasteiger partial charge in [0.15, 0.2) is 0 Å². The lowest BCUT2D eigenvalue weighted by Crippen LogP contribution is -2.39. The van der Waals surface area contributed by atoms with E-state index in [9.17, 15) is 0 Å². The SMILES string of the molecule is CCC1CCC(C)N1CC1CCCC1CN. The number of hydrogen-bond donors (Lipinski definition) is 1. The van der Waals surface area contributed by atoms with Gasteiger partial charge >= 0.3 is 0 Å². The first-order chi connectivity index (χ1) is 7.76. The zero-order chi connectivity index (χ0) is 11.5. The lowest BCUT2D eigenvalue weighted by atomic mass is 9.95. The van der Waals surface area contributed by atoms with Crippen LogP contribution in [0.3, 0.4) is 0 Å². The molecular formula is C14H28N2. The Bertz CT molecular complexity index is 217. The lowest BCUT2D eigenvalue weighted by molar-refractivity contribution is 0.152. The molecule has 16 heavy (non-hydrogen) atoms. The quantitative estimate of drug-likeness (QED) is 0.795. The molecule has 2 heteroatoms. The summed E-state index contributed by atoms with van der Waals surface area (Å²) in [5.41, 5.74) is 5.88. The molecule has 0 spiro atoms. The second kappa shape index (κ2) is 5.50. The molecule has 0 bridgehead atoms. The smallest absolute Gasteiger partial charge is 0.00961 e. The summed E-state index contributed by atoms with van der Waals surface area (Å²) in [5.74, 6) is 1.70. The van der Waals surface area contributed by atoms with Crippen molar-refractivity contribution < 1.29 is 0 Å². The molecular weight excluding hydrogens is 196 g/mol. The van der Waals surface area contributed by atoms with E-state index in [1.165, 1.54) is 45.1 Å². The Morgan fingerprint density at radius 1 is 1.12 bits per heavy atom. The number of nitrogens with two attached hydrogens (primary N) is 1. The molecule has 2 fully saturated rings. The van der Waals surface area contributed by atoms with Gasteiger partial charge in [-0.05, 0) is 57.4 Å². The van der Waals surface area contributed by atoms with E-state index in [-0.39, 0.29) is 0 Å². The predicted octanol–water partition coefficient (Wildman–Crippen LogP) is 2.62. The van der Waals surface area contributed by atoms with Crippen LogP contribution in [0.2, 0.25) is 0 Å². The van der Waals surface area contributed by atoms with Crippen molar-refractivity contribution in [3.05, 3.63) is 0 Å². The summed E-state index contributed by atoms with van der Waals surface area (Å²) in [4.78, 5) is 2.78. The van der Waals surface area contributed by atoms with Crippen LogP contribution in [-0.2, 0) is 0 Å². The summed E-state index contributed by atoms with van der Waals surface area (Å²) in [6, 6.07) is 1.66. The molecule has 94 valence electrons. The van der Waals surface area contributed by atoms with E-state index in [1.807, 2.05) is 0 Å². The number of rotatable bonds is 4. The van der Waals surface area contributed by atoms with Crippen molar-refractivity contribution in [2.45, 2.75) is 64.5 Å². The Kier molecular flexibility index (Phi) is 4.26. The van der Waals surface area contributed by atoms with Gasteiger partial charge in [0.2, 0.25) is 0 Å². The second-order valence-electron chi connectivity index (χ2n) is 5.87. The van der Waals surface area contributed by atoms with Gasteiger partial charge in [0.1, 0.15) is 0 Å². The van der Waals surface area contributed by atoms with Crippen molar-refractivity contribution in [3.8, 4) is 0 Å². The summed E-state index contributed by atoms with van der Waals surface area (Å²) in [5, 5.41) is 0. The van der Waals surface area contributed by atoms with E-state index in [4.69, 9.17) is 5.73 Å². The standard InChI is InChI=1S/C14H28N2/c1-3-14-8-7-11(2)16(14)10-13-6-4-5-12(13)9-15/h11-14H,3-10,15H2,1-2H3. The molecule has 1 saturated heterocycles. The first-order valence-corrected chi connectivity index (χ1v) is 7.22. The third-order valence-corrected chi connectivity index (χ3v) is 4.99. The zero-order valence-electron chi connectivity index (χ0n) is 11.0. The summed E-state index contributed by atoms with van der Waals surface area (Å²) in [6.45, 7) is 6.97. The molecule has 4 atom stereocenters. The van der Waals surface area contributed by atoms with Gasteiger partial charge in [-0.3, -0.25) is 4.90 Å². The van der Waals surface area contributed by atoms with Crippen molar-refractivity contribution in [1.82, 2.24) is 4.90 Å². The van der Waals surface area contributed by atoms with Crippen molar-refractivity contribution in [1.29, 1.82) is 0 Å². The van der Waals surface area contributed by atoms with Crippen LogP contribution in [0.15, 0.2) is 0 Å². The molecule has 0 aromatic carbocycles. The Hall–Kier alpha value is -0.0800. The molecule has 1 aliphatic carbocycles. The average Bonchev–Trinajstić information content (AvgIpc) is 2.87. The molecule has 1 saturated carbocycles. The molecule has 0 aromatic heterocycles. The highest BCUT2D eigenvalue weighted by Crippen LogP contribution is 2.35. The van der Waals surface area contributed by atoms with E-state index in [0.717, 1.165) is 30.5 Å². The molecule has 0 radical (unpaired) electrons. The lowest BCUT2D eigenvalue weighted by Gasteiger charge is -2.32. The minimum atomic E-state index is 0.809. The van der Waals surface area contributed by atoms with Gasteiger partial charge in [-0.1, -0.05) is 13.3 Å². The first kappa shape index (κ1) is 12.4. The molecule has 2 aliphatic rings. The van der Waals surface area contributed by atoms with Gasteiger partial charge in [-0.25, -0.2) is 0 Å². The largest absolute Gasteiger partial charge is 0.330 e. The van der Waals surface area contributed by atoms with Crippen molar-refractivity contribution in [2.75, 3.05) is 13.1 Å². The summed E-state index contributed by atoms with van der Waals surface area (Å²) in [6.07, 6.45) is 8.34. The highest BCUT2D eigenvalue weighted by atomic mass is 15.2. The molecule has 2 nitrogen and oxygen atoms in total. The average molecular weight is 224 g/mol. The van der Waals surface area contributed by atoms with Crippen molar-refractivity contribution in [3.63, 3.8) is 0 Å². The molecule has 2 rings (SSSR count). The Morgan fingerprint density at radius 3 is 2.56 bits per heavy atom. The fourth-order valence-corrected chi connectivity index (χ4v) is 3.83. The Balaban J connectivity index is 1.92. The van der Waals surface area contributed by atoms with Crippen LogP contribution < -0.4 is 5.73 Å². The fourth-order valence-electron chi connectivity index (χ4n) is 3.83. The molecule has 2 N–H and O–H groups in total. The van der Waals surface area contributed by atoms with Crippen LogP contribution in [0.5, 0.6) is 0 Å². The minimum absolute atomic E-state index is 0.809. The van der Waals surface area contributed by atoms with Gasteiger partial charge in [0.05, 0.1) is 0 Å². The molecule has 1 aliphatic heterocycles. The van der Waals surface area contributed by atoms with Gasteiger partial charge in [-0.2, -0.15) is 0 Å². The summed E-state index contributed by atoms with van der Waals surface area (Å²) in [7, 11) is 0. The van der Waals surface area contributed by atoms with Crippen molar-refractivity contribution >= 4 is 0 Å². The van der Waals surface area contributed by atoms with Gasteiger partial charge in [0.25, 0.3) is 0 Å². The third-order valence-electron chi connectivity index (χ3n) is 4.99. The number of likely N-dealkylation sites (tertiary alicyclic amines) is 1. The van der Waals surface area contributed by atoms with E-state index < -0.39 is 0 Å². The molecule has 0 amide bonds. The van der Waals surface area contributed by atoms with E-state index in [1.54, 1.807) is 0 Å². The van der Waals surface area contributed by atoms with Crippen molar-refractivity contribution in [2.24, 2.45) is 17.6 Å². The monoisotopic (exact) mass is 224 g/mol. The van der Waals surface area contributed by atoms with E-state index >= 15 is 0 Å². The van der Waals surface area contributed by atoms with Crippen LogP contribution >= 0.6 is 0 Å². The minimum Gasteiger partial charge on any atom is -0.330 e. The van der Waals surface area contributed by atoms with Crippen LogP contribution in [-0.4, -0.2) is 30.1 Å². The second-order valence-corrected chi connectivity index (χ2v) is 5.87. The molecule has 1 heterocycles. The normalized spacial score (nSPS) is 40.7. The highest BCUT2D eigenvalue weighted by Gasteiger charge is 2.34. The summed E-state index contributed by atoms with van der Waals surface area (Å²) >= 11 is 0. The van der Waals surface area contributed by atoms with Crippen LogP contribution in [0.1, 0.15) is 52.4 Å². The topological polar surface area (TPSA) is 29.3 Å². The maximum atomic E-state index is 5.88. The Labute approximate surface area is 101 Å². The van der Waals surface area contributed by atoms with E-state index in [2.05, 4.69) is 18.7 Å². The van der Waals surface area contributed by atoms with Crippen LogP contribution in [0.4, 0.5) is 0 Å². The number of nitrogens with zero attached hydrogens (tertiary/aromatic N) is 1. The van der Waals surface area contributed by atoms with Gasteiger partial charge in [0, 0.05) is 18.6 Å². The maximum absolute atomic E-state index is 5.88. The zero-order valence-corrected chi connectivity index (χ0v) is 11.0. The Morgan fingerprint density at radius 2 is 1.88 bits per heavy atom. The van der Waals surface area contributed by atoms with Crippen LogP contribution in [0.25, 0.3) is 0 Å². The molecule has 0 aromatic rings. The number of hydrogen-bond acceptors (Lipinski definition) is 2. The maximum Gasteiger partial charge on any atom is 0.00961 e. The first-order valence-electron chi connectivity index (χ1n) is 7.22. The highest BCUT2D eigenvalue weighted by molar-refractivity contribution is 4.89. The fraction of sp³-hybridized carbons (Fsp3) is 1.00. The molecule has 4 unspecified atom stereocenters. The van der Waals surface area contributed by atoms with Gasteiger partial charge < -0.3 is 5.73 Å². The van der Waals surface area contributed by atoms with Crippen LogP contribution in [0, 0.1) is 11.8 Å². The van der Waals surface area contributed by atoms with E-state index in [0.29, 0.717) is 0 Å². The summed E-state index contributed by atoms with van der Waals surface area (Å²) < 4.78 is 0. The third kappa shape index (κ3) is 2.43.